The average molecular weight is 333 g/mol. The molecule has 0 aliphatic rings. The van der Waals surface area contributed by atoms with E-state index in [0.717, 1.165) is 17.0 Å². The SMILES string of the molecule is CCOc1ccc(NC(=O)CN[C@@H](C)c2ccc(Cl)cc2)cc1. The highest BCUT2D eigenvalue weighted by Crippen LogP contribution is 2.17. The molecule has 0 unspecified atom stereocenters. The fourth-order valence-electron chi connectivity index (χ4n) is 2.12. The van der Waals surface area contributed by atoms with Crippen LogP contribution in [0, 0.1) is 0 Å². The number of hydrogen-bond donors (Lipinski definition) is 2. The van der Waals surface area contributed by atoms with Gasteiger partial charge in [0.1, 0.15) is 5.75 Å². The average Bonchev–Trinajstić information content (AvgIpc) is 2.55. The van der Waals surface area contributed by atoms with Crippen molar-refractivity contribution in [2.75, 3.05) is 18.5 Å². The molecule has 23 heavy (non-hydrogen) atoms. The number of anilines is 1. The van der Waals surface area contributed by atoms with Gasteiger partial charge in [-0.3, -0.25) is 4.79 Å². The first-order valence-electron chi connectivity index (χ1n) is 7.60. The molecule has 2 aromatic carbocycles. The lowest BCUT2D eigenvalue weighted by molar-refractivity contribution is -0.115. The van der Waals surface area contributed by atoms with Crippen LogP contribution in [0.15, 0.2) is 48.5 Å². The number of ether oxygens (including phenoxy) is 1. The second-order valence-corrected chi connectivity index (χ2v) is 5.60. The lowest BCUT2D eigenvalue weighted by atomic mass is 10.1. The van der Waals surface area contributed by atoms with E-state index in [-0.39, 0.29) is 18.5 Å². The molecule has 5 heteroatoms. The third-order valence-corrected chi connectivity index (χ3v) is 3.64. The smallest absolute Gasteiger partial charge is 0.238 e. The summed E-state index contributed by atoms with van der Waals surface area (Å²) in [6.07, 6.45) is 0. The van der Waals surface area contributed by atoms with Crippen LogP contribution in [0.25, 0.3) is 0 Å². The first-order valence-corrected chi connectivity index (χ1v) is 7.98. The molecule has 0 aromatic heterocycles. The number of nitrogens with one attached hydrogen (secondary N) is 2. The fraction of sp³-hybridized carbons (Fsp3) is 0.278. The van der Waals surface area contributed by atoms with Crippen molar-refractivity contribution in [3.8, 4) is 5.75 Å². The van der Waals surface area contributed by atoms with E-state index >= 15 is 0 Å². The maximum atomic E-state index is 12.0. The summed E-state index contributed by atoms with van der Waals surface area (Å²) in [5.74, 6) is 0.704. The summed E-state index contributed by atoms with van der Waals surface area (Å²) in [4.78, 5) is 12.0. The highest BCUT2D eigenvalue weighted by molar-refractivity contribution is 6.30. The van der Waals surface area contributed by atoms with E-state index in [0.29, 0.717) is 11.6 Å². The number of carbonyl (C=O) groups excluding carboxylic acids is 1. The fourth-order valence-corrected chi connectivity index (χ4v) is 2.25. The zero-order valence-electron chi connectivity index (χ0n) is 13.3. The van der Waals surface area contributed by atoms with E-state index in [1.54, 1.807) is 0 Å². The van der Waals surface area contributed by atoms with Crippen molar-refractivity contribution in [3.05, 3.63) is 59.1 Å². The van der Waals surface area contributed by atoms with E-state index in [1.807, 2.05) is 62.4 Å². The number of amides is 1. The summed E-state index contributed by atoms with van der Waals surface area (Å²) in [6, 6.07) is 15.0. The molecular formula is C18H21ClN2O2. The van der Waals surface area contributed by atoms with Gasteiger partial charge in [-0.2, -0.15) is 0 Å². The molecule has 2 N–H and O–H groups in total. The molecule has 0 saturated carbocycles. The molecule has 0 radical (unpaired) electrons. The molecule has 0 aliphatic heterocycles. The summed E-state index contributed by atoms with van der Waals surface area (Å²) in [5, 5.41) is 6.74. The molecule has 0 bridgehead atoms. The first kappa shape index (κ1) is 17.3. The molecule has 4 nitrogen and oxygen atoms in total. The number of benzene rings is 2. The predicted octanol–water partition coefficient (Wildman–Crippen LogP) is 4.03. The van der Waals surface area contributed by atoms with Gasteiger partial charge in [0.05, 0.1) is 13.2 Å². The quantitative estimate of drug-likeness (QED) is 0.805. The zero-order chi connectivity index (χ0) is 16.7. The Hall–Kier alpha value is -2.04. The van der Waals surface area contributed by atoms with Gasteiger partial charge in [-0.25, -0.2) is 0 Å². The van der Waals surface area contributed by atoms with Gasteiger partial charge in [0, 0.05) is 16.8 Å². The standard InChI is InChI=1S/C18H21ClN2O2/c1-3-23-17-10-8-16(9-11-17)21-18(22)12-20-13(2)14-4-6-15(19)7-5-14/h4-11,13,20H,3,12H2,1-2H3,(H,21,22)/t13-/m0/s1. The van der Waals surface area contributed by atoms with E-state index in [4.69, 9.17) is 16.3 Å². The molecule has 1 amide bonds. The van der Waals surface area contributed by atoms with E-state index < -0.39 is 0 Å². The summed E-state index contributed by atoms with van der Waals surface area (Å²) >= 11 is 5.87. The molecule has 0 heterocycles. The molecular weight excluding hydrogens is 312 g/mol. The molecule has 1 atom stereocenters. The zero-order valence-corrected chi connectivity index (χ0v) is 14.1. The minimum Gasteiger partial charge on any atom is -0.494 e. The summed E-state index contributed by atoms with van der Waals surface area (Å²) in [5.41, 5.74) is 1.84. The van der Waals surface area contributed by atoms with Crippen LogP contribution in [0.5, 0.6) is 5.75 Å². The van der Waals surface area contributed by atoms with Crippen molar-refractivity contribution in [3.63, 3.8) is 0 Å². The minimum atomic E-state index is -0.0880. The third-order valence-electron chi connectivity index (χ3n) is 3.39. The molecule has 122 valence electrons. The predicted molar refractivity (Wildman–Crippen MR) is 94.1 cm³/mol. The lowest BCUT2D eigenvalue weighted by Gasteiger charge is -2.14. The van der Waals surface area contributed by atoms with Crippen LogP contribution in [-0.2, 0) is 4.79 Å². The molecule has 0 saturated heterocycles. The van der Waals surface area contributed by atoms with Crippen LogP contribution in [0.1, 0.15) is 25.5 Å². The van der Waals surface area contributed by atoms with Gasteiger partial charge in [0.15, 0.2) is 0 Å². The van der Waals surface area contributed by atoms with Crippen molar-refractivity contribution >= 4 is 23.2 Å². The summed E-state index contributed by atoms with van der Waals surface area (Å²) in [7, 11) is 0. The van der Waals surface area contributed by atoms with E-state index in [1.165, 1.54) is 0 Å². The van der Waals surface area contributed by atoms with Crippen molar-refractivity contribution in [2.24, 2.45) is 0 Å². The number of carbonyl (C=O) groups is 1. The second-order valence-electron chi connectivity index (χ2n) is 5.16. The molecule has 0 fully saturated rings. The Bertz CT molecular complexity index is 626. The van der Waals surface area contributed by atoms with E-state index in [9.17, 15) is 4.79 Å². The number of rotatable bonds is 7. The van der Waals surface area contributed by atoms with Gasteiger partial charge in [-0.15, -0.1) is 0 Å². The van der Waals surface area contributed by atoms with Crippen LogP contribution in [0.3, 0.4) is 0 Å². The number of hydrogen-bond acceptors (Lipinski definition) is 3. The van der Waals surface area contributed by atoms with Gasteiger partial charge in [-0.05, 0) is 55.8 Å². The highest BCUT2D eigenvalue weighted by atomic mass is 35.5. The Labute approximate surface area is 141 Å². The van der Waals surface area contributed by atoms with E-state index in [2.05, 4.69) is 10.6 Å². The number of halogens is 1. The second kappa shape index (κ2) is 8.56. The summed E-state index contributed by atoms with van der Waals surface area (Å²) in [6.45, 7) is 4.80. The van der Waals surface area contributed by atoms with Gasteiger partial charge in [-0.1, -0.05) is 23.7 Å². The van der Waals surface area contributed by atoms with Crippen molar-refractivity contribution in [1.29, 1.82) is 0 Å². The Morgan fingerprint density at radius 2 is 1.78 bits per heavy atom. The van der Waals surface area contributed by atoms with Gasteiger partial charge in [0.2, 0.25) is 5.91 Å². The lowest BCUT2D eigenvalue weighted by Crippen LogP contribution is -2.30. The Morgan fingerprint density at radius 1 is 1.13 bits per heavy atom. The molecule has 0 aliphatic carbocycles. The largest absolute Gasteiger partial charge is 0.494 e. The first-order chi connectivity index (χ1) is 11.1. The maximum Gasteiger partial charge on any atom is 0.238 e. The summed E-state index contributed by atoms with van der Waals surface area (Å²) < 4.78 is 5.37. The maximum absolute atomic E-state index is 12.0. The van der Waals surface area contributed by atoms with Crippen LogP contribution in [0.4, 0.5) is 5.69 Å². The van der Waals surface area contributed by atoms with Crippen molar-refractivity contribution in [2.45, 2.75) is 19.9 Å². The van der Waals surface area contributed by atoms with Gasteiger partial charge >= 0.3 is 0 Å². The Kier molecular flexibility index (Phi) is 6.44. The normalized spacial score (nSPS) is 11.8. The Balaban J connectivity index is 1.81. The Morgan fingerprint density at radius 3 is 2.39 bits per heavy atom. The van der Waals surface area contributed by atoms with Crippen LogP contribution in [-0.4, -0.2) is 19.1 Å². The molecule has 2 aromatic rings. The minimum absolute atomic E-state index is 0.0679. The molecule has 0 spiro atoms. The molecule has 2 rings (SSSR count). The van der Waals surface area contributed by atoms with Crippen molar-refractivity contribution in [1.82, 2.24) is 5.32 Å². The van der Waals surface area contributed by atoms with Crippen molar-refractivity contribution < 1.29 is 9.53 Å². The topological polar surface area (TPSA) is 50.4 Å². The van der Waals surface area contributed by atoms with Gasteiger partial charge < -0.3 is 15.4 Å². The monoisotopic (exact) mass is 332 g/mol. The van der Waals surface area contributed by atoms with Gasteiger partial charge in [0.25, 0.3) is 0 Å². The third kappa shape index (κ3) is 5.58. The van der Waals surface area contributed by atoms with Crippen LogP contribution < -0.4 is 15.4 Å². The highest BCUT2D eigenvalue weighted by Gasteiger charge is 2.08. The van der Waals surface area contributed by atoms with Crippen LogP contribution in [0.2, 0.25) is 5.02 Å². The van der Waals surface area contributed by atoms with Crippen LogP contribution >= 0.6 is 11.6 Å².